The van der Waals surface area contributed by atoms with Gasteiger partial charge in [-0.25, -0.2) is 0 Å². The van der Waals surface area contributed by atoms with E-state index < -0.39 is 0 Å². The van der Waals surface area contributed by atoms with Crippen LogP contribution >= 0.6 is 23.7 Å². The first-order valence-electron chi connectivity index (χ1n) is 11.3. The summed E-state index contributed by atoms with van der Waals surface area (Å²) in [4.78, 5) is 19.0. The number of thiazole rings is 1. The highest BCUT2D eigenvalue weighted by atomic mass is 35.5. The lowest BCUT2D eigenvalue weighted by Gasteiger charge is -2.16. The van der Waals surface area contributed by atoms with Gasteiger partial charge in [0.25, 0.3) is 0 Å². The van der Waals surface area contributed by atoms with Crippen LogP contribution in [0, 0.1) is 0 Å². The highest BCUT2D eigenvalue weighted by Crippen LogP contribution is 2.35. The number of hydrogen-bond acceptors (Lipinski definition) is 3. The van der Waals surface area contributed by atoms with E-state index in [4.69, 9.17) is 4.99 Å². The van der Waals surface area contributed by atoms with Gasteiger partial charge < -0.3 is 9.88 Å². The average molecular weight is 426 g/mol. The second-order valence-corrected chi connectivity index (χ2v) is 9.65. The molecule has 4 nitrogen and oxygen atoms in total. The summed E-state index contributed by atoms with van der Waals surface area (Å²) >= 11 is 1.75. The molecule has 3 aliphatic rings. The van der Waals surface area contributed by atoms with Crippen molar-refractivity contribution in [1.82, 2.24) is 9.88 Å². The molecule has 1 heterocycles. The smallest absolute Gasteiger partial charge is 0.226 e. The minimum absolute atomic E-state index is 0. The van der Waals surface area contributed by atoms with Crippen LogP contribution in [0.3, 0.4) is 0 Å². The van der Waals surface area contributed by atoms with Crippen molar-refractivity contribution in [3.8, 4) is 0 Å². The number of nitrogens with zero attached hydrogens (tertiary/aromatic N) is 2. The molecule has 1 aromatic rings. The molecule has 158 valence electrons. The zero-order valence-corrected chi connectivity index (χ0v) is 18.7. The van der Waals surface area contributed by atoms with E-state index in [1.165, 1.54) is 87.5 Å². The summed E-state index contributed by atoms with van der Waals surface area (Å²) in [6.07, 6.45) is 18.3. The van der Waals surface area contributed by atoms with Crippen LogP contribution in [-0.2, 0) is 11.2 Å². The molecule has 0 unspecified atom stereocenters. The molecule has 1 aromatic heterocycles. The van der Waals surface area contributed by atoms with Gasteiger partial charge in [-0.05, 0) is 38.5 Å². The molecule has 3 fully saturated rings. The number of carbonyl (C=O) groups excluding carboxylic acids is 1. The molecular formula is C22H36ClN3OS. The molecular weight excluding hydrogens is 390 g/mol. The zero-order chi connectivity index (χ0) is 18.5. The van der Waals surface area contributed by atoms with Crippen molar-refractivity contribution < 1.29 is 4.79 Å². The molecule has 0 bridgehead atoms. The van der Waals surface area contributed by atoms with Gasteiger partial charge in [0.1, 0.15) is 0 Å². The largest absolute Gasteiger partial charge is 0.353 e. The van der Waals surface area contributed by atoms with Crippen LogP contribution in [0.25, 0.3) is 0 Å². The SMILES string of the molecule is Cl.O=C(Cc1csc(=NC2CCCCCC2)n1C1CC1)NC1CCCCCC1. The van der Waals surface area contributed by atoms with Gasteiger partial charge in [-0.2, -0.15) is 0 Å². The van der Waals surface area contributed by atoms with Gasteiger partial charge in [0.05, 0.1) is 12.5 Å². The molecule has 0 aliphatic heterocycles. The molecule has 0 aromatic carbocycles. The quantitative estimate of drug-likeness (QED) is 0.638. The predicted molar refractivity (Wildman–Crippen MR) is 118 cm³/mol. The van der Waals surface area contributed by atoms with E-state index in [1.54, 1.807) is 11.3 Å². The van der Waals surface area contributed by atoms with Gasteiger partial charge in [-0.15, -0.1) is 23.7 Å². The van der Waals surface area contributed by atoms with E-state index in [1.807, 2.05) is 0 Å². The number of halogens is 1. The van der Waals surface area contributed by atoms with E-state index in [9.17, 15) is 4.79 Å². The van der Waals surface area contributed by atoms with E-state index in [0.717, 1.165) is 12.8 Å². The minimum atomic E-state index is 0. The van der Waals surface area contributed by atoms with Gasteiger partial charge in [0.2, 0.25) is 5.91 Å². The Labute approximate surface area is 179 Å². The van der Waals surface area contributed by atoms with Crippen molar-refractivity contribution in [2.24, 2.45) is 4.99 Å². The van der Waals surface area contributed by atoms with Crippen molar-refractivity contribution in [2.45, 2.75) is 114 Å². The maximum atomic E-state index is 12.7. The highest BCUT2D eigenvalue weighted by molar-refractivity contribution is 7.07. The Hall–Kier alpha value is -0.810. The Morgan fingerprint density at radius 3 is 2.18 bits per heavy atom. The summed E-state index contributed by atoms with van der Waals surface area (Å²) in [5, 5.41) is 5.51. The summed E-state index contributed by atoms with van der Waals surface area (Å²) in [6.45, 7) is 0. The Balaban J connectivity index is 0.00000225. The number of carbonyl (C=O) groups is 1. The van der Waals surface area contributed by atoms with E-state index in [0.29, 0.717) is 24.5 Å². The second kappa shape index (κ2) is 10.8. The van der Waals surface area contributed by atoms with Crippen LogP contribution in [0.5, 0.6) is 0 Å². The molecule has 0 spiro atoms. The number of nitrogens with one attached hydrogen (secondary N) is 1. The molecule has 0 saturated heterocycles. The van der Waals surface area contributed by atoms with Crippen molar-refractivity contribution in [3.63, 3.8) is 0 Å². The number of amides is 1. The maximum absolute atomic E-state index is 12.7. The van der Waals surface area contributed by atoms with E-state index in [2.05, 4.69) is 15.3 Å². The summed E-state index contributed by atoms with van der Waals surface area (Å²) in [7, 11) is 0. The highest BCUT2D eigenvalue weighted by Gasteiger charge is 2.28. The number of hydrogen-bond donors (Lipinski definition) is 1. The third-order valence-electron chi connectivity index (χ3n) is 6.41. The van der Waals surface area contributed by atoms with Gasteiger partial charge in [-0.3, -0.25) is 9.79 Å². The van der Waals surface area contributed by atoms with Gasteiger partial charge >= 0.3 is 0 Å². The van der Waals surface area contributed by atoms with E-state index in [-0.39, 0.29) is 18.3 Å². The predicted octanol–water partition coefficient (Wildman–Crippen LogP) is 5.31. The first kappa shape index (κ1) is 21.9. The third kappa shape index (κ3) is 6.09. The Kier molecular flexibility index (Phi) is 8.46. The van der Waals surface area contributed by atoms with Crippen molar-refractivity contribution in [3.05, 3.63) is 15.9 Å². The van der Waals surface area contributed by atoms with Crippen molar-refractivity contribution in [1.29, 1.82) is 0 Å². The topological polar surface area (TPSA) is 46.4 Å². The van der Waals surface area contributed by atoms with Crippen molar-refractivity contribution in [2.75, 3.05) is 0 Å². The first-order chi connectivity index (χ1) is 13.3. The van der Waals surface area contributed by atoms with Crippen LogP contribution in [0.4, 0.5) is 0 Å². The van der Waals surface area contributed by atoms with Gasteiger partial charge in [0.15, 0.2) is 4.80 Å². The molecule has 6 heteroatoms. The lowest BCUT2D eigenvalue weighted by molar-refractivity contribution is -0.121. The standard InChI is InChI=1S/C22H35N3OS.ClH/c26-21(23-17-9-5-1-2-6-10-17)15-20-16-27-22(25(20)19-13-14-19)24-18-11-7-3-4-8-12-18;/h16-19H,1-15H2,(H,23,26);1H. The minimum Gasteiger partial charge on any atom is -0.353 e. The number of aromatic nitrogens is 1. The molecule has 1 N–H and O–H groups in total. The lowest BCUT2D eigenvalue weighted by Crippen LogP contribution is -2.36. The van der Waals surface area contributed by atoms with Crippen LogP contribution < -0.4 is 10.1 Å². The fourth-order valence-electron chi connectivity index (χ4n) is 4.71. The molecule has 4 rings (SSSR count). The van der Waals surface area contributed by atoms with Crippen LogP contribution in [0.1, 0.15) is 102 Å². The molecule has 0 radical (unpaired) electrons. The lowest BCUT2D eigenvalue weighted by atomic mass is 10.1. The molecule has 28 heavy (non-hydrogen) atoms. The molecule has 3 saturated carbocycles. The van der Waals surface area contributed by atoms with Gasteiger partial charge in [-0.1, -0.05) is 51.4 Å². The van der Waals surface area contributed by atoms with Crippen molar-refractivity contribution >= 4 is 29.7 Å². The maximum Gasteiger partial charge on any atom is 0.226 e. The normalized spacial score (nSPS) is 22.9. The fraction of sp³-hybridized carbons (Fsp3) is 0.818. The molecule has 3 aliphatic carbocycles. The molecule has 0 atom stereocenters. The van der Waals surface area contributed by atoms with Crippen LogP contribution in [0.15, 0.2) is 10.4 Å². The monoisotopic (exact) mass is 425 g/mol. The second-order valence-electron chi connectivity index (χ2n) is 8.82. The summed E-state index contributed by atoms with van der Waals surface area (Å²) in [5.41, 5.74) is 1.18. The number of rotatable bonds is 5. The summed E-state index contributed by atoms with van der Waals surface area (Å²) in [6, 6.07) is 1.47. The van der Waals surface area contributed by atoms with Crippen LogP contribution in [-0.4, -0.2) is 22.6 Å². The summed E-state index contributed by atoms with van der Waals surface area (Å²) < 4.78 is 2.40. The Morgan fingerprint density at radius 1 is 0.964 bits per heavy atom. The van der Waals surface area contributed by atoms with Crippen LogP contribution in [0.2, 0.25) is 0 Å². The first-order valence-corrected chi connectivity index (χ1v) is 12.2. The Bertz CT molecular complexity index is 678. The third-order valence-corrected chi connectivity index (χ3v) is 7.31. The average Bonchev–Trinajstić information content (AvgIpc) is 3.47. The Morgan fingerprint density at radius 2 is 1.57 bits per heavy atom. The zero-order valence-electron chi connectivity index (χ0n) is 17.0. The van der Waals surface area contributed by atoms with E-state index >= 15 is 0 Å². The van der Waals surface area contributed by atoms with Gasteiger partial charge in [0, 0.05) is 23.2 Å². The summed E-state index contributed by atoms with van der Waals surface area (Å²) in [5.74, 6) is 0.204. The molecule has 1 amide bonds. The fourth-order valence-corrected chi connectivity index (χ4v) is 5.74.